The Balaban J connectivity index is 1.20. The summed E-state index contributed by atoms with van der Waals surface area (Å²) in [5.41, 5.74) is 12.9. The molecule has 0 heteroatoms. The van der Waals surface area contributed by atoms with E-state index in [1.54, 1.807) is 0 Å². The molecule has 212 valence electrons. The van der Waals surface area contributed by atoms with Gasteiger partial charge in [-0.15, -0.1) is 0 Å². The molecule has 46 heavy (non-hydrogen) atoms. The molecule has 0 heterocycles. The number of hydrogen-bond acceptors (Lipinski definition) is 0. The molecule has 0 aliphatic heterocycles. The van der Waals surface area contributed by atoms with Crippen LogP contribution in [0, 0.1) is 0 Å². The van der Waals surface area contributed by atoms with Gasteiger partial charge in [-0.25, -0.2) is 0 Å². The molecule has 9 aromatic carbocycles. The molecule has 10 rings (SSSR count). The van der Waals surface area contributed by atoms with E-state index < -0.39 is 0 Å². The maximum absolute atomic E-state index is 2.42. The van der Waals surface area contributed by atoms with Gasteiger partial charge in [0, 0.05) is 0 Å². The molecule has 0 saturated heterocycles. The van der Waals surface area contributed by atoms with Gasteiger partial charge in [0.15, 0.2) is 0 Å². The van der Waals surface area contributed by atoms with Crippen molar-refractivity contribution < 1.29 is 0 Å². The van der Waals surface area contributed by atoms with E-state index in [1.165, 1.54) is 98.7 Å². The maximum atomic E-state index is 2.42. The lowest BCUT2D eigenvalue weighted by molar-refractivity contribution is 1.62. The standard InChI is InChI=1S/C46H28/c1-2-11-29(12-3-1)42-25-30-13-4-5-14-31(30)26-45(42)38-23-24-41-37-22-21-33(28-44(37)40-20-10-19-39(38)46(40)41)43-27-32-15-6-7-16-34(32)35-17-8-9-18-36(35)43/h1-28H. The summed E-state index contributed by atoms with van der Waals surface area (Å²) in [6.45, 7) is 0. The van der Waals surface area contributed by atoms with E-state index in [9.17, 15) is 0 Å². The second-order valence-electron chi connectivity index (χ2n) is 12.5. The Morgan fingerprint density at radius 3 is 1.61 bits per heavy atom. The predicted molar refractivity (Wildman–Crippen MR) is 197 cm³/mol. The van der Waals surface area contributed by atoms with E-state index in [0.717, 1.165) is 0 Å². The third kappa shape index (κ3) is 3.68. The van der Waals surface area contributed by atoms with E-state index in [-0.39, 0.29) is 0 Å². The van der Waals surface area contributed by atoms with E-state index in [0.29, 0.717) is 0 Å². The summed E-state index contributed by atoms with van der Waals surface area (Å²) in [7, 11) is 0. The third-order valence-electron chi connectivity index (χ3n) is 9.98. The van der Waals surface area contributed by atoms with Gasteiger partial charge in [0.25, 0.3) is 0 Å². The third-order valence-corrected chi connectivity index (χ3v) is 9.98. The topological polar surface area (TPSA) is 0 Å². The Hall–Kier alpha value is -5.98. The zero-order valence-corrected chi connectivity index (χ0v) is 25.2. The molecule has 0 saturated carbocycles. The summed E-state index contributed by atoms with van der Waals surface area (Å²) in [4.78, 5) is 0. The predicted octanol–water partition coefficient (Wildman–Crippen LogP) is 12.9. The van der Waals surface area contributed by atoms with Crippen molar-refractivity contribution in [1.29, 1.82) is 0 Å². The number of rotatable bonds is 3. The number of benzene rings is 9. The first-order valence-corrected chi connectivity index (χ1v) is 16.0. The van der Waals surface area contributed by atoms with Crippen molar-refractivity contribution in [2.45, 2.75) is 0 Å². The van der Waals surface area contributed by atoms with Gasteiger partial charge < -0.3 is 0 Å². The molecule has 0 aromatic heterocycles. The van der Waals surface area contributed by atoms with Crippen LogP contribution in [0.4, 0.5) is 0 Å². The first kappa shape index (κ1) is 25.4. The van der Waals surface area contributed by atoms with Crippen molar-refractivity contribution in [2.24, 2.45) is 0 Å². The van der Waals surface area contributed by atoms with Gasteiger partial charge in [0.2, 0.25) is 0 Å². The van der Waals surface area contributed by atoms with Crippen molar-refractivity contribution in [3.63, 3.8) is 0 Å². The highest BCUT2D eigenvalue weighted by molar-refractivity contribution is 6.21. The Kier molecular flexibility index (Phi) is 5.38. The zero-order valence-electron chi connectivity index (χ0n) is 25.2. The van der Waals surface area contributed by atoms with Crippen LogP contribution in [-0.4, -0.2) is 0 Å². The average Bonchev–Trinajstić information content (AvgIpc) is 3.45. The highest BCUT2D eigenvalue weighted by Gasteiger charge is 2.24. The Morgan fingerprint density at radius 1 is 0.217 bits per heavy atom. The molecule has 0 N–H and O–H groups in total. The van der Waals surface area contributed by atoms with Crippen LogP contribution in [0.5, 0.6) is 0 Å². The van der Waals surface area contributed by atoms with Crippen molar-refractivity contribution >= 4 is 43.1 Å². The van der Waals surface area contributed by atoms with E-state index >= 15 is 0 Å². The van der Waals surface area contributed by atoms with Crippen molar-refractivity contribution in [1.82, 2.24) is 0 Å². The van der Waals surface area contributed by atoms with Crippen LogP contribution in [0.15, 0.2) is 170 Å². The minimum Gasteiger partial charge on any atom is -0.0622 e. The molecule has 1 aliphatic rings. The van der Waals surface area contributed by atoms with E-state index in [4.69, 9.17) is 0 Å². The minimum atomic E-state index is 1.24. The van der Waals surface area contributed by atoms with Gasteiger partial charge in [-0.05, 0) is 123 Å². The molecular formula is C46H28. The SMILES string of the molecule is c1ccc(-c2cc3ccccc3cc2-c2ccc3c4c(cccc24)-c2cc(-c4cc5ccccc5c5ccccc45)ccc2-3)cc1. The van der Waals surface area contributed by atoms with Gasteiger partial charge >= 0.3 is 0 Å². The number of fused-ring (bicyclic) bond motifs is 7. The van der Waals surface area contributed by atoms with Gasteiger partial charge in [-0.1, -0.05) is 146 Å². The highest BCUT2D eigenvalue weighted by Crippen LogP contribution is 2.51. The summed E-state index contributed by atoms with van der Waals surface area (Å²) in [5, 5.41) is 10.3. The average molecular weight is 581 g/mol. The van der Waals surface area contributed by atoms with Crippen LogP contribution in [0.25, 0.3) is 98.7 Å². The lowest BCUT2D eigenvalue weighted by Crippen LogP contribution is -1.89. The second kappa shape index (κ2) is 9.76. The van der Waals surface area contributed by atoms with E-state index in [2.05, 4.69) is 170 Å². The Morgan fingerprint density at radius 2 is 0.783 bits per heavy atom. The first-order valence-electron chi connectivity index (χ1n) is 16.0. The summed E-state index contributed by atoms with van der Waals surface area (Å²) in [6.07, 6.45) is 0. The van der Waals surface area contributed by atoms with Gasteiger partial charge in [-0.2, -0.15) is 0 Å². The van der Waals surface area contributed by atoms with Crippen LogP contribution >= 0.6 is 0 Å². The smallest absolute Gasteiger partial charge is 0.00201 e. The lowest BCUT2D eigenvalue weighted by Gasteiger charge is -2.16. The fourth-order valence-corrected chi connectivity index (χ4v) is 7.87. The fraction of sp³-hybridized carbons (Fsp3) is 0. The van der Waals surface area contributed by atoms with Gasteiger partial charge in [0.05, 0.1) is 0 Å². The molecule has 0 fully saturated rings. The summed E-state index contributed by atoms with van der Waals surface area (Å²) in [6, 6.07) is 62.8. The second-order valence-corrected chi connectivity index (χ2v) is 12.5. The summed E-state index contributed by atoms with van der Waals surface area (Å²) in [5.74, 6) is 0. The van der Waals surface area contributed by atoms with Crippen molar-refractivity contribution in [2.75, 3.05) is 0 Å². The highest BCUT2D eigenvalue weighted by atomic mass is 14.3. The van der Waals surface area contributed by atoms with Crippen LogP contribution in [0.3, 0.4) is 0 Å². The molecule has 0 bridgehead atoms. The molecule has 0 nitrogen and oxygen atoms in total. The van der Waals surface area contributed by atoms with Crippen LogP contribution in [0.2, 0.25) is 0 Å². The molecule has 0 amide bonds. The minimum absolute atomic E-state index is 1.24. The fourth-order valence-electron chi connectivity index (χ4n) is 7.87. The zero-order chi connectivity index (χ0) is 30.2. The van der Waals surface area contributed by atoms with Gasteiger partial charge in [-0.3, -0.25) is 0 Å². The van der Waals surface area contributed by atoms with Crippen LogP contribution in [0.1, 0.15) is 0 Å². The number of hydrogen-bond donors (Lipinski definition) is 0. The first-order chi connectivity index (χ1) is 22.8. The molecule has 0 unspecified atom stereocenters. The molecule has 0 radical (unpaired) electrons. The van der Waals surface area contributed by atoms with Crippen molar-refractivity contribution in [3.8, 4) is 55.6 Å². The Bertz CT molecular complexity index is 2680. The maximum Gasteiger partial charge on any atom is -0.00201 e. The summed E-state index contributed by atoms with van der Waals surface area (Å²) < 4.78 is 0. The molecule has 1 aliphatic carbocycles. The lowest BCUT2D eigenvalue weighted by atomic mass is 9.88. The van der Waals surface area contributed by atoms with Crippen LogP contribution in [-0.2, 0) is 0 Å². The largest absolute Gasteiger partial charge is 0.0622 e. The molecule has 0 spiro atoms. The quantitative estimate of drug-likeness (QED) is 0.182. The molecule has 0 atom stereocenters. The van der Waals surface area contributed by atoms with Gasteiger partial charge in [0.1, 0.15) is 0 Å². The Labute approximate surface area is 267 Å². The monoisotopic (exact) mass is 580 g/mol. The van der Waals surface area contributed by atoms with Crippen LogP contribution < -0.4 is 0 Å². The van der Waals surface area contributed by atoms with Crippen molar-refractivity contribution in [3.05, 3.63) is 170 Å². The molecule has 9 aromatic rings. The van der Waals surface area contributed by atoms with E-state index in [1.807, 2.05) is 0 Å². The normalized spacial score (nSPS) is 11.9. The molecular weight excluding hydrogens is 553 g/mol. The summed E-state index contributed by atoms with van der Waals surface area (Å²) >= 11 is 0.